The van der Waals surface area contributed by atoms with E-state index in [0.29, 0.717) is 0 Å². The van der Waals surface area contributed by atoms with Gasteiger partial charge in [-0.05, 0) is 0 Å². The summed E-state index contributed by atoms with van der Waals surface area (Å²) >= 11 is 11.5. The minimum Gasteiger partial charge on any atom is -0.428 e. The molecule has 2 rings (SSSR count). The second-order valence-corrected chi connectivity index (χ2v) is 4.15. The summed E-state index contributed by atoms with van der Waals surface area (Å²) in [5.41, 5.74) is 5.19. The van der Waals surface area contributed by atoms with E-state index in [9.17, 15) is 10.1 Å². The number of aromatic nitrogens is 2. The molecule has 98 valence electrons. The van der Waals surface area contributed by atoms with Gasteiger partial charge in [-0.25, -0.2) is 9.97 Å². The first-order valence-corrected chi connectivity index (χ1v) is 5.62. The third-order valence-corrected chi connectivity index (χ3v) is 2.82. The van der Waals surface area contributed by atoms with E-state index >= 15 is 0 Å². The van der Waals surface area contributed by atoms with Gasteiger partial charge in [0, 0.05) is 24.5 Å². The van der Waals surface area contributed by atoms with Crippen LogP contribution in [0.1, 0.15) is 0 Å². The molecule has 0 aliphatic heterocycles. The van der Waals surface area contributed by atoms with Crippen LogP contribution >= 0.6 is 23.2 Å². The van der Waals surface area contributed by atoms with Gasteiger partial charge in [-0.15, -0.1) is 0 Å². The van der Waals surface area contributed by atoms with Gasteiger partial charge in [0.25, 0.3) is 5.88 Å². The maximum atomic E-state index is 10.9. The molecule has 1 aromatic heterocycles. The van der Waals surface area contributed by atoms with Crippen molar-refractivity contribution in [1.82, 2.24) is 9.97 Å². The molecule has 9 heteroatoms. The number of benzene rings is 1. The fourth-order valence-corrected chi connectivity index (χ4v) is 1.57. The minimum absolute atomic E-state index is 0.00266. The number of nitrogens with zero attached hydrogens (tertiary/aromatic N) is 3. The summed E-state index contributed by atoms with van der Waals surface area (Å²) in [4.78, 5) is 17.8. The van der Waals surface area contributed by atoms with Crippen LogP contribution in [0.5, 0.6) is 11.6 Å². The van der Waals surface area contributed by atoms with E-state index in [4.69, 9.17) is 33.7 Å². The molecule has 2 N–H and O–H groups in total. The van der Waals surface area contributed by atoms with Crippen molar-refractivity contribution in [3.63, 3.8) is 0 Å². The van der Waals surface area contributed by atoms with Crippen LogP contribution in [0, 0.1) is 10.1 Å². The lowest BCUT2D eigenvalue weighted by Gasteiger charge is -2.07. The molecule has 0 saturated carbocycles. The van der Waals surface area contributed by atoms with Gasteiger partial charge < -0.3 is 10.5 Å². The Morgan fingerprint density at radius 1 is 1.21 bits per heavy atom. The highest BCUT2D eigenvalue weighted by Crippen LogP contribution is 2.38. The lowest BCUT2D eigenvalue weighted by Crippen LogP contribution is -1.99. The molecule has 0 bridgehead atoms. The average Bonchev–Trinajstić information content (AvgIpc) is 2.36. The molecule has 0 unspecified atom stereocenters. The first-order chi connectivity index (χ1) is 8.99. The second-order valence-electron chi connectivity index (χ2n) is 3.34. The molecule has 0 saturated heterocycles. The Morgan fingerprint density at radius 2 is 1.84 bits per heavy atom. The van der Waals surface area contributed by atoms with E-state index in [1.165, 1.54) is 18.5 Å². The van der Waals surface area contributed by atoms with Gasteiger partial charge in [-0.1, -0.05) is 23.2 Å². The number of rotatable bonds is 3. The monoisotopic (exact) mass is 300 g/mol. The Morgan fingerprint density at radius 3 is 2.47 bits per heavy atom. The predicted molar refractivity (Wildman–Crippen MR) is 69.6 cm³/mol. The van der Waals surface area contributed by atoms with Gasteiger partial charge in [0.2, 0.25) is 5.75 Å². The number of nitro benzene ring substituents is 1. The van der Waals surface area contributed by atoms with Crippen molar-refractivity contribution < 1.29 is 9.66 Å². The van der Waals surface area contributed by atoms with Gasteiger partial charge in [-0.2, -0.15) is 0 Å². The Kier molecular flexibility index (Phi) is 3.68. The highest BCUT2D eigenvalue weighted by molar-refractivity contribution is 6.42. The van der Waals surface area contributed by atoms with E-state index < -0.39 is 4.92 Å². The van der Waals surface area contributed by atoms with Crippen LogP contribution in [0.25, 0.3) is 0 Å². The molecule has 1 heterocycles. The maximum absolute atomic E-state index is 10.9. The quantitative estimate of drug-likeness (QED) is 0.690. The number of anilines is 1. The molecule has 0 aliphatic rings. The highest BCUT2D eigenvalue weighted by atomic mass is 35.5. The Hall–Kier alpha value is -2.12. The van der Waals surface area contributed by atoms with Gasteiger partial charge in [0.05, 0.1) is 15.0 Å². The van der Waals surface area contributed by atoms with E-state index in [1.54, 1.807) is 0 Å². The third-order valence-electron chi connectivity index (χ3n) is 2.10. The van der Waals surface area contributed by atoms with Crippen molar-refractivity contribution in [2.75, 3.05) is 5.73 Å². The van der Waals surface area contributed by atoms with E-state index in [-0.39, 0.29) is 33.2 Å². The van der Waals surface area contributed by atoms with Gasteiger partial charge in [0.1, 0.15) is 0 Å². The molecule has 19 heavy (non-hydrogen) atoms. The van der Waals surface area contributed by atoms with E-state index in [0.717, 1.165) is 6.07 Å². The first-order valence-electron chi connectivity index (χ1n) is 4.87. The number of hydrogen-bond acceptors (Lipinski definition) is 6. The zero-order chi connectivity index (χ0) is 14.0. The summed E-state index contributed by atoms with van der Waals surface area (Å²) in [6.07, 6.45) is 2.71. The summed E-state index contributed by atoms with van der Waals surface area (Å²) in [5.74, 6) is -0.168. The number of nitrogens with two attached hydrogens (primary N) is 1. The smallest absolute Gasteiger partial charge is 0.313 e. The van der Waals surface area contributed by atoms with Crippen LogP contribution in [0.2, 0.25) is 10.0 Å². The van der Waals surface area contributed by atoms with Crippen molar-refractivity contribution >= 4 is 34.7 Å². The number of hydrogen-bond donors (Lipinski definition) is 1. The molecular weight excluding hydrogens is 295 g/mol. The van der Waals surface area contributed by atoms with Crippen LogP contribution < -0.4 is 10.5 Å². The fourth-order valence-electron chi connectivity index (χ4n) is 1.26. The Bertz CT molecular complexity index is 651. The lowest BCUT2D eigenvalue weighted by molar-refractivity contribution is -0.385. The summed E-state index contributed by atoms with van der Waals surface area (Å²) in [6, 6.07) is 2.31. The molecule has 0 radical (unpaired) electrons. The highest BCUT2D eigenvalue weighted by Gasteiger charge is 2.20. The van der Waals surface area contributed by atoms with Crippen molar-refractivity contribution in [2.24, 2.45) is 0 Å². The van der Waals surface area contributed by atoms with Gasteiger partial charge >= 0.3 is 5.69 Å². The first kappa shape index (κ1) is 13.3. The molecule has 0 fully saturated rings. The molecule has 7 nitrogen and oxygen atoms in total. The summed E-state index contributed by atoms with van der Waals surface area (Å²) in [7, 11) is 0. The van der Waals surface area contributed by atoms with Crippen molar-refractivity contribution in [1.29, 1.82) is 0 Å². The normalized spacial score (nSPS) is 10.2. The van der Waals surface area contributed by atoms with E-state index in [2.05, 4.69) is 9.97 Å². The number of nitro groups is 1. The molecule has 0 aliphatic carbocycles. The zero-order valence-electron chi connectivity index (χ0n) is 9.21. The third kappa shape index (κ3) is 2.83. The minimum atomic E-state index is -0.649. The molecule has 2 aromatic rings. The van der Waals surface area contributed by atoms with Crippen LogP contribution in [0.4, 0.5) is 11.5 Å². The SMILES string of the molecule is Nc1nccnc1Oc1cc(Cl)c(Cl)cc1[N+](=O)[O-]. The largest absolute Gasteiger partial charge is 0.428 e. The Labute approximate surface area is 117 Å². The van der Waals surface area contributed by atoms with Crippen molar-refractivity contribution in [3.05, 3.63) is 44.7 Å². The number of halogens is 2. The van der Waals surface area contributed by atoms with Gasteiger partial charge in [-0.3, -0.25) is 10.1 Å². The topological polar surface area (TPSA) is 104 Å². The van der Waals surface area contributed by atoms with Crippen LogP contribution in [0.3, 0.4) is 0 Å². The zero-order valence-corrected chi connectivity index (χ0v) is 10.7. The standard InChI is InChI=1S/C10H6Cl2N4O3/c11-5-3-7(16(17)18)8(4-6(5)12)19-10-9(13)14-1-2-15-10/h1-4H,(H2,13,14). The molecule has 1 aromatic carbocycles. The lowest BCUT2D eigenvalue weighted by atomic mass is 10.3. The molecule has 0 amide bonds. The van der Waals surface area contributed by atoms with Crippen LogP contribution in [-0.4, -0.2) is 14.9 Å². The molecule has 0 spiro atoms. The van der Waals surface area contributed by atoms with Crippen molar-refractivity contribution in [2.45, 2.75) is 0 Å². The molecule has 0 atom stereocenters. The summed E-state index contributed by atoms with van der Waals surface area (Å²) in [5, 5.41) is 11.1. The number of nitrogen functional groups attached to an aromatic ring is 1. The second kappa shape index (κ2) is 5.25. The van der Waals surface area contributed by atoms with Crippen molar-refractivity contribution in [3.8, 4) is 11.6 Å². The molecular formula is C10H6Cl2N4O3. The summed E-state index contributed by atoms with van der Waals surface area (Å²) in [6.45, 7) is 0. The van der Waals surface area contributed by atoms with Gasteiger partial charge in [0.15, 0.2) is 5.82 Å². The van der Waals surface area contributed by atoms with Crippen LogP contribution in [0.15, 0.2) is 24.5 Å². The maximum Gasteiger partial charge on any atom is 0.313 e. The Balaban J connectivity index is 2.48. The number of ether oxygens (including phenoxy) is 1. The summed E-state index contributed by atoms with van der Waals surface area (Å²) < 4.78 is 5.25. The van der Waals surface area contributed by atoms with E-state index in [1.807, 2.05) is 0 Å². The van der Waals surface area contributed by atoms with Crippen LogP contribution in [-0.2, 0) is 0 Å². The fraction of sp³-hybridized carbons (Fsp3) is 0. The predicted octanol–water partition coefficient (Wildman–Crippen LogP) is 3.07. The average molecular weight is 301 g/mol.